The minimum Gasteiger partial charge on any atom is -0.310 e. The summed E-state index contributed by atoms with van der Waals surface area (Å²) in [5, 5.41) is 4.73. The van der Waals surface area contributed by atoms with Crippen molar-refractivity contribution in [1.29, 1.82) is 0 Å². The van der Waals surface area contributed by atoms with E-state index in [2.05, 4.69) is 253 Å². The normalized spacial score (nSPS) is 10.8. The Morgan fingerprint density at radius 2 is 0.647 bits per heavy atom. The van der Waals surface area contributed by atoms with Gasteiger partial charge in [-0.25, -0.2) is 9.97 Å². The van der Waals surface area contributed by atoms with Gasteiger partial charge in [-0.3, -0.25) is 0 Å². The first kappa shape index (κ1) is 42.8. The summed E-state index contributed by atoms with van der Waals surface area (Å²) in [5.74, 6) is 0.710. The summed E-state index contributed by atoms with van der Waals surface area (Å²) in [4.78, 5) is 14.8. The van der Waals surface area contributed by atoms with Gasteiger partial charge in [0, 0.05) is 50.8 Å². The van der Waals surface area contributed by atoms with E-state index in [1.54, 1.807) is 12.2 Å². The Balaban J connectivity index is 0.00000130. The van der Waals surface area contributed by atoms with Crippen LogP contribution in [0.4, 0.5) is 34.1 Å². The summed E-state index contributed by atoms with van der Waals surface area (Å²) in [7, 11) is 0. The molecule has 0 saturated heterocycles. The van der Waals surface area contributed by atoms with Crippen molar-refractivity contribution in [1.82, 2.24) is 9.97 Å². The molecule has 10 aromatic carbocycles. The number of allylic oxidation sites excluding steroid dienone is 2. The zero-order chi connectivity index (χ0) is 46.1. The third kappa shape index (κ3) is 9.21. The van der Waals surface area contributed by atoms with Crippen molar-refractivity contribution in [3.05, 3.63) is 280 Å². The topological polar surface area (TPSA) is 32.3 Å². The number of hydrogen-bond donors (Lipinski definition) is 0. The predicted octanol–water partition coefficient (Wildman–Crippen LogP) is 17.7. The van der Waals surface area contributed by atoms with Crippen LogP contribution < -0.4 is 9.80 Å². The van der Waals surface area contributed by atoms with Gasteiger partial charge in [-0.2, -0.15) is 0 Å². The van der Waals surface area contributed by atoms with E-state index in [-0.39, 0.29) is 0 Å². The van der Waals surface area contributed by atoms with E-state index in [1.165, 1.54) is 16.2 Å². The molecule has 4 heteroatoms. The summed E-state index contributed by atoms with van der Waals surface area (Å²) in [5.41, 5.74) is 13.6. The summed E-state index contributed by atoms with van der Waals surface area (Å²) in [6.45, 7) is 6.72. The van der Waals surface area contributed by atoms with Gasteiger partial charge in [-0.05, 0) is 118 Å². The van der Waals surface area contributed by atoms with E-state index >= 15 is 0 Å². The van der Waals surface area contributed by atoms with Crippen LogP contribution in [0.5, 0.6) is 0 Å². The first-order valence-corrected chi connectivity index (χ1v) is 22.8. The molecule has 0 N–H and O–H groups in total. The van der Waals surface area contributed by atoms with Gasteiger partial charge in [0.25, 0.3) is 0 Å². The fraction of sp³-hybridized carbons (Fsp3) is 0. The lowest BCUT2D eigenvalue weighted by molar-refractivity contribution is 1.18. The van der Waals surface area contributed by atoms with E-state index in [0.717, 1.165) is 78.7 Å². The molecule has 324 valence electrons. The fourth-order valence-corrected chi connectivity index (χ4v) is 8.70. The van der Waals surface area contributed by atoms with E-state index in [1.807, 2.05) is 24.3 Å². The van der Waals surface area contributed by atoms with Crippen LogP contribution in [0.3, 0.4) is 0 Å². The van der Waals surface area contributed by atoms with Crippen molar-refractivity contribution in [2.24, 2.45) is 0 Å². The first-order chi connectivity index (χ1) is 33.6. The molecule has 0 spiro atoms. The van der Waals surface area contributed by atoms with E-state index in [4.69, 9.17) is 9.97 Å². The smallest absolute Gasteiger partial charge is 0.160 e. The Morgan fingerprint density at radius 3 is 1.07 bits per heavy atom. The Bertz CT molecular complexity index is 3220. The second-order valence-corrected chi connectivity index (χ2v) is 16.4. The summed E-state index contributed by atoms with van der Waals surface area (Å²) >= 11 is 0. The van der Waals surface area contributed by atoms with Gasteiger partial charge in [0.1, 0.15) is 0 Å². The third-order valence-corrected chi connectivity index (χ3v) is 11.9. The second kappa shape index (κ2) is 20.0. The molecule has 0 saturated carbocycles. The molecule has 0 amide bonds. The Kier molecular flexibility index (Phi) is 12.6. The van der Waals surface area contributed by atoms with Crippen molar-refractivity contribution in [2.45, 2.75) is 0 Å². The van der Waals surface area contributed by atoms with Crippen LogP contribution in [0.2, 0.25) is 0 Å². The van der Waals surface area contributed by atoms with Gasteiger partial charge >= 0.3 is 0 Å². The van der Waals surface area contributed by atoms with Crippen LogP contribution in [-0.2, 0) is 0 Å². The minimum atomic E-state index is 0.710. The van der Waals surface area contributed by atoms with Crippen LogP contribution in [0.1, 0.15) is 0 Å². The van der Waals surface area contributed by atoms with E-state index in [9.17, 15) is 0 Å². The molecule has 0 radical (unpaired) electrons. The van der Waals surface area contributed by atoms with Gasteiger partial charge in [0.15, 0.2) is 5.82 Å². The van der Waals surface area contributed by atoms with Crippen molar-refractivity contribution in [3.63, 3.8) is 0 Å². The largest absolute Gasteiger partial charge is 0.310 e. The summed E-state index contributed by atoms with van der Waals surface area (Å²) in [6, 6.07) is 90.2. The maximum atomic E-state index is 5.11. The zero-order valence-electron chi connectivity index (χ0n) is 37.6. The highest BCUT2D eigenvalue weighted by Crippen LogP contribution is 2.44. The first-order valence-electron chi connectivity index (χ1n) is 22.8. The Hall–Kier alpha value is -9.12. The number of aromatic nitrogens is 2. The molecule has 0 aliphatic heterocycles. The van der Waals surface area contributed by atoms with Crippen molar-refractivity contribution >= 4 is 55.7 Å². The maximum Gasteiger partial charge on any atom is 0.160 e. The van der Waals surface area contributed by atoms with Gasteiger partial charge in [0.05, 0.1) is 11.4 Å². The maximum absolute atomic E-state index is 5.11. The van der Waals surface area contributed by atoms with E-state index in [0.29, 0.717) is 5.82 Å². The number of para-hydroxylation sites is 4. The molecule has 1 aromatic heterocycles. The van der Waals surface area contributed by atoms with Crippen LogP contribution in [0, 0.1) is 0 Å². The average Bonchev–Trinajstić information content (AvgIpc) is 3.42. The molecule has 0 unspecified atom stereocenters. The van der Waals surface area contributed by atoms with Gasteiger partial charge in [-0.1, -0.05) is 195 Å². The van der Waals surface area contributed by atoms with Crippen molar-refractivity contribution in [3.8, 4) is 45.0 Å². The number of anilines is 6. The van der Waals surface area contributed by atoms with Crippen molar-refractivity contribution < 1.29 is 0 Å². The minimum absolute atomic E-state index is 0.710. The number of nitrogens with zero attached hydrogens (tertiary/aromatic N) is 4. The SMILES string of the molecule is C=CC=C.c1ccc(-c2cc(-c3ccc4c(ccc5cc(-c6cc(N(c7ccccc7)c7ccccc7)cc(N(c7ccccc7)c7ccccc7)c6)ccc54)c3)nc(-c3ccccc3)n2)cc1. The second-order valence-electron chi connectivity index (χ2n) is 16.4. The van der Waals surface area contributed by atoms with E-state index < -0.39 is 0 Å². The lowest BCUT2D eigenvalue weighted by Gasteiger charge is -2.30. The standard InChI is InChI=1S/C60H42N4.C4H6/c1-7-19-43(20-8-1)58-42-59(62-60(61-58)44-21-9-2-10-22-44)48-34-36-57-47(38-48)32-31-46-37-45(33-35-56(46)57)49-39-54(63(50-23-11-3-12-24-50)51-25-13-4-14-26-51)41-55(40-49)64(52-27-15-5-16-28-52)53-29-17-6-18-30-53;1-3-4-2/h1-42H;3-4H,1-2H2. The Labute approximate surface area is 398 Å². The number of fused-ring (bicyclic) bond motifs is 3. The molecule has 1 heterocycles. The molecular weight excluding hydrogens is 825 g/mol. The van der Waals surface area contributed by atoms with Crippen LogP contribution in [0.25, 0.3) is 66.6 Å². The fourth-order valence-electron chi connectivity index (χ4n) is 8.70. The number of benzene rings is 10. The highest BCUT2D eigenvalue weighted by atomic mass is 15.2. The summed E-state index contributed by atoms with van der Waals surface area (Å²) in [6.07, 6.45) is 3.28. The molecule has 0 aliphatic carbocycles. The molecule has 0 aliphatic rings. The highest BCUT2D eigenvalue weighted by Gasteiger charge is 2.20. The molecule has 0 fully saturated rings. The van der Waals surface area contributed by atoms with Crippen LogP contribution in [-0.4, -0.2) is 9.97 Å². The zero-order valence-corrected chi connectivity index (χ0v) is 37.6. The molecule has 0 atom stereocenters. The van der Waals surface area contributed by atoms with Crippen LogP contribution >= 0.6 is 0 Å². The highest BCUT2D eigenvalue weighted by molar-refractivity contribution is 6.09. The molecule has 4 nitrogen and oxygen atoms in total. The molecular formula is C64H48N4. The quantitative estimate of drug-likeness (QED) is 0.0957. The number of rotatable bonds is 11. The predicted molar refractivity (Wildman–Crippen MR) is 289 cm³/mol. The lowest BCUT2D eigenvalue weighted by Crippen LogP contribution is -2.13. The third-order valence-electron chi connectivity index (χ3n) is 11.9. The molecule has 68 heavy (non-hydrogen) atoms. The molecule has 11 aromatic rings. The lowest BCUT2D eigenvalue weighted by atomic mass is 9.95. The average molecular weight is 873 g/mol. The van der Waals surface area contributed by atoms with Gasteiger partial charge in [-0.15, -0.1) is 0 Å². The molecule has 11 rings (SSSR count). The van der Waals surface area contributed by atoms with Crippen molar-refractivity contribution in [2.75, 3.05) is 9.80 Å². The summed E-state index contributed by atoms with van der Waals surface area (Å²) < 4.78 is 0. The molecule has 0 bridgehead atoms. The monoisotopic (exact) mass is 872 g/mol. The van der Waals surface area contributed by atoms with Gasteiger partial charge < -0.3 is 9.80 Å². The number of hydrogen-bond acceptors (Lipinski definition) is 4. The van der Waals surface area contributed by atoms with Gasteiger partial charge in [0.2, 0.25) is 0 Å². The Morgan fingerprint density at radius 1 is 0.279 bits per heavy atom. The van der Waals surface area contributed by atoms with Crippen LogP contribution in [0.15, 0.2) is 280 Å².